The minimum Gasteiger partial charge on any atom is -0.356 e. The Hall–Kier alpha value is -2.17. The van der Waals surface area contributed by atoms with Crippen LogP contribution in [0, 0.1) is 13.8 Å². The van der Waals surface area contributed by atoms with Crippen LogP contribution in [0.25, 0.3) is 5.65 Å². The van der Waals surface area contributed by atoms with Crippen LogP contribution in [-0.4, -0.2) is 43.9 Å². The Balaban J connectivity index is 0.00000243. The normalized spacial score (nSPS) is 11.5. The maximum atomic E-state index is 4.44. The summed E-state index contributed by atoms with van der Waals surface area (Å²) in [5.41, 5.74) is 4.27. The van der Waals surface area contributed by atoms with Gasteiger partial charge in [-0.2, -0.15) is 5.10 Å². The molecule has 0 aliphatic heterocycles. The number of hydrogen-bond acceptors (Lipinski definition) is 4. The smallest absolute Gasteiger partial charge is 0.191 e. The first-order valence-corrected chi connectivity index (χ1v) is 8.32. The fourth-order valence-corrected chi connectivity index (χ4v) is 2.82. The van der Waals surface area contributed by atoms with Crippen LogP contribution in [0.5, 0.6) is 0 Å². The zero-order chi connectivity index (χ0) is 17.8. The van der Waals surface area contributed by atoms with Gasteiger partial charge in [0, 0.05) is 51.1 Å². The van der Waals surface area contributed by atoms with Crippen LogP contribution in [0.1, 0.15) is 22.8 Å². The van der Waals surface area contributed by atoms with Gasteiger partial charge in [0.25, 0.3) is 0 Å². The molecule has 26 heavy (non-hydrogen) atoms. The highest BCUT2D eigenvalue weighted by Crippen LogP contribution is 2.11. The van der Waals surface area contributed by atoms with Crippen LogP contribution >= 0.6 is 24.0 Å². The molecular weight excluding hydrogens is 443 g/mol. The number of aliphatic imine (C=N–C) groups is 1. The van der Waals surface area contributed by atoms with Crippen LogP contribution < -0.4 is 10.6 Å². The van der Waals surface area contributed by atoms with Crippen molar-refractivity contribution in [1.82, 2.24) is 35.0 Å². The van der Waals surface area contributed by atoms with Crippen LogP contribution in [0.2, 0.25) is 0 Å². The first-order chi connectivity index (χ1) is 12.1. The van der Waals surface area contributed by atoms with Gasteiger partial charge in [0.15, 0.2) is 11.6 Å². The van der Waals surface area contributed by atoms with Crippen molar-refractivity contribution in [3.8, 4) is 0 Å². The summed E-state index contributed by atoms with van der Waals surface area (Å²) < 4.78 is 3.90. The van der Waals surface area contributed by atoms with Crippen LogP contribution in [0.3, 0.4) is 0 Å². The van der Waals surface area contributed by atoms with E-state index in [4.69, 9.17) is 0 Å². The molecule has 0 saturated carbocycles. The number of pyridine rings is 1. The monoisotopic (exact) mass is 468 g/mol. The molecule has 0 bridgehead atoms. The zero-order valence-electron chi connectivity index (χ0n) is 15.5. The third kappa shape index (κ3) is 4.32. The summed E-state index contributed by atoms with van der Waals surface area (Å²) in [6, 6.07) is 5.88. The van der Waals surface area contributed by atoms with Gasteiger partial charge in [-0.3, -0.25) is 14.1 Å². The zero-order valence-corrected chi connectivity index (χ0v) is 17.9. The average Bonchev–Trinajstić information content (AvgIpc) is 3.13. The van der Waals surface area contributed by atoms with Crippen molar-refractivity contribution in [2.24, 2.45) is 12.0 Å². The van der Waals surface area contributed by atoms with E-state index in [-0.39, 0.29) is 24.0 Å². The number of aromatic nitrogens is 5. The summed E-state index contributed by atoms with van der Waals surface area (Å²) in [4.78, 5) is 4.27. The highest BCUT2D eigenvalue weighted by atomic mass is 127. The van der Waals surface area contributed by atoms with Crippen molar-refractivity contribution in [2.75, 3.05) is 13.6 Å². The summed E-state index contributed by atoms with van der Waals surface area (Å²) in [5, 5.41) is 19.5. The number of fused-ring (bicyclic) bond motifs is 1. The molecule has 140 valence electrons. The van der Waals surface area contributed by atoms with E-state index in [1.54, 1.807) is 7.05 Å². The molecule has 3 aromatic heterocycles. The van der Waals surface area contributed by atoms with Crippen LogP contribution in [0.4, 0.5) is 0 Å². The lowest BCUT2D eigenvalue weighted by Gasteiger charge is -2.12. The lowest BCUT2D eigenvalue weighted by atomic mass is 10.2. The number of guanidine groups is 1. The highest BCUT2D eigenvalue weighted by Gasteiger charge is 2.10. The van der Waals surface area contributed by atoms with Gasteiger partial charge in [0.05, 0.1) is 5.69 Å². The van der Waals surface area contributed by atoms with E-state index >= 15 is 0 Å². The van der Waals surface area contributed by atoms with E-state index in [1.165, 1.54) is 5.56 Å². The number of nitrogens with one attached hydrogen (secondary N) is 2. The molecule has 3 rings (SSSR count). The predicted octanol–water partition coefficient (Wildman–Crippen LogP) is 1.61. The second kappa shape index (κ2) is 8.97. The molecule has 9 heteroatoms. The third-order valence-electron chi connectivity index (χ3n) is 4.34. The molecule has 0 unspecified atom stereocenters. The first kappa shape index (κ1) is 20.1. The largest absolute Gasteiger partial charge is 0.356 e. The molecule has 0 atom stereocenters. The Morgan fingerprint density at radius 3 is 2.69 bits per heavy atom. The Bertz CT molecular complexity index is 895. The quantitative estimate of drug-likeness (QED) is 0.338. The number of aryl methyl sites for hydroxylation is 2. The Labute approximate surface area is 170 Å². The van der Waals surface area contributed by atoms with Gasteiger partial charge < -0.3 is 10.6 Å². The third-order valence-corrected chi connectivity index (χ3v) is 4.34. The Kier molecular flexibility index (Phi) is 6.95. The van der Waals surface area contributed by atoms with E-state index in [1.807, 2.05) is 47.4 Å². The van der Waals surface area contributed by atoms with Crippen molar-refractivity contribution in [2.45, 2.75) is 26.8 Å². The fourth-order valence-electron chi connectivity index (χ4n) is 2.82. The number of rotatable bonds is 5. The Morgan fingerprint density at radius 1 is 1.19 bits per heavy atom. The van der Waals surface area contributed by atoms with Gasteiger partial charge in [0.1, 0.15) is 5.82 Å². The van der Waals surface area contributed by atoms with Gasteiger partial charge in [0.2, 0.25) is 0 Å². The molecule has 3 aromatic rings. The van der Waals surface area contributed by atoms with Gasteiger partial charge >= 0.3 is 0 Å². The van der Waals surface area contributed by atoms with Crippen LogP contribution in [0.15, 0.2) is 29.4 Å². The Morgan fingerprint density at radius 2 is 2.00 bits per heavy atom. The lowest BCUT2D eigenvalue weighted by Crippen LogP contribution is -2.38. The van der Waals surface area contributed by atoms with Crippen molar-refractivity contribution in [3.63, 3.8) is 0 Å². The van der Waals surface area contributed by atoms with E-state index in [9.17, 15) is 0 Å². The second-order valence-electron chi connectivity index (χ2n) is 5.92. The number of nitrogens with zero attached hydrogens (tertiary/aromatic N) is 6. The highest BCUT2D eigenvalue weighted by molar-refractivity contribution is 14.0. The molecule has 2 N–H and O–H groups in total. The van der Waals surface area contributed by atoms with Crippen molar-refractivity contribution in [3.05, 3.63) is 47.2 Å². The maximum absolute atomic E-state index is 4.44. The summed E-state index contributed by atoms with van der Waals surface area (Å²) in [6.45, 7) is 5.51. The first-order valence-electron chi connectivity index (χ1n) is 8.32. The van der Waals surface area contributed by atoms with E-state index in [0.29, 0.717) is 6.54 Å². The lowest BCUT2D eigenvalue weighted by molar-refractivity contribution is 0.728. The second-order valence-corrected chi connectivity index (χ2v) is 5.92. The predicted molar refractivity (Wildman–Crippen MR) is 113 cm³/mol. The molecule has 0 aliphatic rings. The molecule has 0 spiro atoms. The molecule has 0 amide bonds. The number of halogens is 1. The molecule has 0 aromatic carbocycles. The van der Waals surface area contributed by atoms with E-state index in [0.717, 1.165) is 41.8 Å². The molecule has 0 aliphatic carbocycles. The van der Waals surface area contributed by atoms with Gasteiger partial charge in [-0.1, -0.05) is 6.07 Å². The minimum absolute atomic E-state index is 0. The van der Waals surface area contributed by atoms with Crippen LogP contribution in [-0.2, 0) is 20.0 Å². The van der Waals surface area contributed by atoms with Gasteiger partial charge in [-0.25, -0.2) is 0 Å². The van der Waals surface area contributed by atoms with Gasteiger partial charge in [-0.15, -0.1) is 34.2 Å². The molecular formula is C17H25IN8. The topological polar surface area (TPSA) is 84.4 Å². The molecule has 0 saturated heterocycles. The summed E-state index contributed by atoms with van der Waals surface area (Å²) in [7, 11) is 3.73. The summed E-state index contributed by atoms with van der Waals surface area (Å²) in [5.74, 6) is 1.69. The van der Waals surface area contributed by atoms with Gasteiger partial charge in [-0.05, 0) is 26.0 Å². The standard InChI is InChI=1S/C17H24N8.HI/c1-12-14(13(2)24(4)23-12)11-20-17(18-3)19-9-8-16-22-21-15-7-5-6-10-25(15)16;/h5-7,10H,8-9,11H2,1-4H3,(H2,18,19,20);1H. The molecule has 3 heterocycles. The average molecular weight is 468 g/mol. The van der Waals surface area contributed by atoms with Crippen molar-refractivity contribution < 1.29 is 0 Å². The fraction of sp³-hybridized carbons (Fsp3) is 0.412. The van der Waals surface area contributed by atoms with Crippen molar-refractivity contribution >= 4 is 35.6 Å². The van der Waals surface area contributed by atoms with Crippen molar-refractivity contribution in [1.29, 1.82) is 0 Å². The van der Waals surface area contributed by atoms with E-state index in [2.05, 4.69) is 37.8 Å². The molecule has 8 nitrogen and oxygen atoms in total. The maximum Gasteiger partial charge on any atom is 0.191 e. The molecule has 0 fully saturated rings. The summed E-state index contributed by atoms with van der Waals surface area (Å²) >= 11 is 0. The summed E-state index contributed by atoms with van der Waals surface area (Å²) in [6.07, 6.45) is 2.74. The number of hydrogen-bond donors (Lipinski definition) is 2. The minimum atomic E-state index is 0. The molecule has 0 radical (unpaired) electrons. The SMILES string of the molecule is CN=C(NCCc1nnc2ccccn12)NCc1c(C)nn(C)c1C.I. The van der Waals surface area contributed by atoms with E-state index < -0.39 is 0 Å².